The summed E-state index contributed by atoms with van der Waals surface area (Å²) in [6.07, 6.45) is 5.47. The number of rotatable bonds is 8. The number of benzene rings is 2. The predicted octanol–water partition coefficient (Wildman–Crippen LogP) is 4.01. The highest BCUT2D eigenvalue weighted by Gasteiger charge is 2.19. The highest BCUT2D eigenvalue weighted by molar-refractivity contribution is 6.09. The Bertz CT molecular complexity index is 1220. The number of aromatic nitrogens is 4. The molecule has 0 fully saturated rings. The van der Waals surface area contributed by atoms with Crippen molar-refractivity contribution in [3.8, 4) is 11.8 Å². The van der Waals surface area contributed by atoms with Gasteiger partial charge in [-0.25, -0.2) is 9.67 Å². The van der Waals surface area contributed by atoms with Gasteiger partial charge in [0.1, 0.15) is 12.7 Å². The van der Waals surface area contributed by atoms with Crippen molar-refractivity contribution in [2.75, 3.05) is 13.6 Å². The summed E-state index contributed by atoms with van der Waals surface area (Å²) in [4.78, 5) is 19.2. The van der Waals surface area contributed by atoms with Crippen LogP contribution in [0.5, 0.6) is 0 Å². The molecule has 0 radical (unpaired) electrons. The average Bonchev–Trinajstić information content (AvgIpc) is 3.46. The van der Waals surface area contributed by atoms with Gasteiger partial charge < -0.3 is 4.57 Å². The number of ketones is 1. The zero-order valence-electron chi connectivity index (χ0n) is 17.6. The second-order valence-electron chi connectivity index (χ2n) is 7.61. The van der Waals surface area contributed by atoms with Crippen LogP contribution in [0, 0.1) is 11.3 Å². The standard InChI is InChI=1S/C24H24N6O/c1-18(19-8-10-20(11-9-19)30-17-26-16-27-30)28(2)15-24(31)22-14-29(13-5-12-25)23-7-4-3-6-21(22)23/h3-4,6-11,14,16-18H,5,13,15H2,1-2H3. The molecule has 2 aromatic carbocycles. The molecule has 0 amide bonds. The van der Waals surface area contributed by atoms with Gasteiger partial charge in [-0.3, -0.25) is 9.69 Å². The van der Waals surface area contributed by atoms with Crippen molar-refractivity contribution in [1.29, 1.82) is 5.26 Å². The van der Waals surface area contributed by atoms with Gasteiger partial charge in [-0.15, -0.1) is 0 Å². The van der Waals surface area contributed by atoms with Crippen LogP contribution >= 0.6 is 0 Å². The van der Waals surface area contributed by atoms with E-state index in [0.717, 1.165) is 22.2 Å². The first-order chi connectivity index (χ1) is 15.1. The number of nitriles is 1. The smallest absolute Gasteiger partial charge is 0.178 e. The number of para-hydroxylation sites is 1. The van der Waals surface area contributed by atoms with Crippen molar-refractivity contribution in [3.05, 3.63) is 78.5 Å². The normalized spacial score (nSPS) is 12.2. The molecule has 2 aromatic heterocycles. The van der Waals surface area contributed by atoms with E-state index in [1.165, 1.54) is 6.33 Å². The predicted molar refractivity (Wildman–Crippen MR) is 119 cm³/mol. The molecule has 1 unspecified atom stereocenters. The Balaban J connectivity index is 1.50. The van der Waals surface area contributed by atoms with Gasteiger partial charge in [0, 0.05) is 35.2 Å². The van der Waals surface area contributed by atoms with E-state index in [2.05, 4.69) is 35.2 Å². The molecule has 4 rings (SSSR count). The molecule has 0 saturated heterocycles. The van der Waals surface area contributed by atoms with Gasteiger partial charge in [-0.2, -0.15) is 10.4 Å². The summed E-state index contributed by atoms with van der Waals surface area (Å²) in [5.74, 6) is 0.0699. The summed E-state index contributed by atoms with van der Waals surface area (Å²) < 4.78 is 3.71. The second kappa shape index (κ2) is 8.94. The number of nitrogens with zero attached hydrogens (tertiary/aromatic N) is 6. The highest BCUT2D eigenvalue weighted by Crippen LogP contribution is 2.24. The SMILES string of the molecule is CC(c1ccc(-n2cncn2)cc1)N(C)CC(=O)c1cn(CCC#N)c2ccccc12. The van der Waals surface area contributed by atoms with E-state index in [1.807, 2.05) is 59.1 Å². The van der Waals surface area contributed by atoms with Crippen LogP contribution in [0.15, 0.2) is 67.4 Å². The summed E-state index contributed by atoms with van der Waals surface area (Å²) in [6.45, 7) is 2.97. The lowest BCUT2D eigenvalue weighted by Gasteiger charge is -2.24. The first kappa shape index (κ1) is 20.5. The first-order valence-electron chi connectivity index (χ1n) is 10.2. The van der Waals surface area contributed by atoms with E-state index in [0.29, 0.717) is 25.1 Å². The minimum absolute atomic E-state index is 0.0699. The van der Waals surface area contributed by atoms with Crippen molar-refractivity contribution in [2.45, 2.75) is 25.9 Å². The largest absolute Gasteiger partial charge is 0.346 e. The molecule has 0 aliphatic rings. The van der Waals surface area contributed by atoms with Gasteiger partial charge in [0.05, 0.1) is 24.7 Å². The van der Waals surface area contributed by atoms with Gasteiger partial charge in [0.15, 0.2) is 5.78 Å². The van der Waals surface area contributed by atoms with Gasteiger partial charge in [0.2, 0.25) is 0 Å². The lowest BCUT2D eigenvalue weighted by Crippen LogP contribution is -2.28. The number of carbonyl (C=O) groups excluding carboxylic acids is 1. The quantitative estimate of drug-likeness (QED) is 0.409. The summed E-state index contributed by atoms with van der Waals surface area (Å²) in [5.41, 5.74) is 3.75. The van der Waals surface area contributed by atoms with E-state index >= 15 is 0 Å². The minimum atomic E-state index is 0.0699. The Hall–Kier alpha value is -3.76. The van der Waals surface area contributed by atoms with Crippen LogP contribution in [0.3, 0.4) is 0 Å². The second-order valence-corrected chi connectivity index (χ2v) is 7.61. The number of likely N-dealkylation sites (N-methyl/N-ethyl adjacent to an activating group) is 1. The maximum absolute atomic E-state index is 13.2. The third-order valence-electron chi connectivity index (χ3n) is 5.67. The molecule has 4 aromatic rings. The monoisotopic (exact) mass is 412 g/mol. The van der Waals surface area contributed by atoms with Crippen LogP contribution in [0.1, 0.15) is 35.3 Å². The molecule has 2 heterocycles. The molecular formula is C24H24N6O. The van der Waals surface area contributed by atoms with Crippen molar-refractivity contribution < 1.29 is 4.79 Å². The zero-order valence-corrected chi connectivity index (χ0v) is 17.6. The lowest BCUT2D eigenvalue weighted by atomic mass is 10.0. The number of aryl methyl sites for hydroxylation is 1. The van der Waals surface area contributed by atoms with Crippen LogP contribution in [-0.4, -0.2) is 43.6 Å². The maximum atomic E-state index is 13.2. The maximum Gasteiger partial charge on any atom is 0.178 e. The molecule has 7 heteroatoms. The highest BCUT2D eigenvalue weighted by atomic mass is 16.1. The molecule has 0 bridgehead atoms. The number of hydrogen-bond donors (Lipinski definition) is 0. The number of fused-ring (bicyclic) bond motifs is 1. The van der Waals surface area contributed by atoms with Crippen molar-refractivity contribution in [3.63, 3.8) is 0 Å². The molecule has 156 valence electrons. The van der Waals surface area contributed by atoms with Crippen LogP contribution < -0.4 is 0 Å². The zero-order chi connectivity index (χ0) is 21.8. The number of Topliss-reactive ketones (excluding diaryl/α,β-unsaturated/α-hetero) is 1. The van der Waals surface area contributed by atoms with Gasteiger partial charge in [-0.05, 0) is 37.7 Å². The van der Waals surface area contributed by atoms with Crippen molar-refractivity contribution in [2.24, 2.45) is 0 Å². The van der Waals surface area contributed by atoms with E-state index in [1.54, 1.807) is 11.0 Å². The lowest BCUT2D eigenvalue weighted by molar-refractivity contribution is 0.0926. The molecule has 31 heavy (non-hydrogen) atoms. The Morgan fingerprint density at radius 3 is 2.68 bits per heavy atom. The fraction of sp³-hybridized carbons (Fsp3) is 0.250. The molecule has 7 nitrogen and oxygen atoms in total. The average molecular weight is 412 g/mol. The van der Waals surface area contributed by atoms with Crippen molar-refractivity contribution >= 4 is 16.7 Å². The van der Waals surface area contributed by atoms with E-state index in [-0.39, 0.29) is 11.8 Å². The van der Waals surface area contributed by atoms with Gasteiger partial charge >= 0.3 is 0 Å². The Morgan fingerprint density at radius 2 is 1.97 bits per heavy atom. The van der Waals surface area contributed by atoms with Gasteiger partial charge in [0.25, 0.3) is 0 Å². The van der Waals surface area contributed by atoms with Crippen LogP contribution in [0.4, 0.5) is 0 Å². The Kier molecular flexibility index (Phi) is 5.92. The molecule has 1 atom stereocenters. The van der Waals surface area contributed by atoms with Gasteiger partial charge in [-0.1, -0.05) is 30.3 Å². The summed E-state index contributed by atoms with van der Waals surface area (Å²) >= 11 is 0. The fourth-order valence-electron chi connectivity index (χ4n) is 3.77. The summed E-state index contributed by atoms with van der Waals surface area (Å²) in [7, 11) is 1.96. The molecular weight excluding hydrogens is 388 g/mol. The Morgan fingerprint density at radius 1 is 1.19 bits per heavy atom. The molecule has 0 N–H and O–H groups in total. The topological polar surface area (TPSA) is 79.7 Å². The molecule has 0 saturated carbocycles. The van der Waals surface area contributed by atoms with Crippen LogP contribution in [0.25, 0.3) is 16.6 Å². The number of carbonyl (C=O) groups is 1. The molecule has 0 aliphatic heterocycles. The minimum Gasteiger partial charge on any atom is -0.346 e. The van der Waals surface area contributed by atoms with Crippen molar-refractivity contribution in [1.82, 2.24) is 24.2 Å². The number of hydrogen-bond acceptors (Lipinski definition) is 5. The molecule has 0 spiro atoms. The van der Waals surface area contributed by atoms with E-state index < -0.39 is 0 Å². The van der Waals surface area contributed by atoms with E-state index in [4.69, 9.17) is 5.26 Å². The third kappa shape index (κ3) is 4.25. The Labute approximate surface area is 181 Å². The third-order valence-corrected chi connectivity index (χ3v) is 5.67. The summed E-state index contributed by atoms with van der Waals surface area (Å²) in [5, 5.41) is 14.0. The molecule has 0 aliphatic carbocycles. The van der Waals surface area contributed by atoms with E-state index in [9.17, 15) is 4.79 Å². The fourth-order valence-corrected chi connectivity index (χ4v) is 3.77. The summed E-state index contributed by atoms with van der Waals surface area (Å²) in [6, 6.07) is 18.2. The van der Waals surface area contributed by atoms with Crippen LogP contribution in [-0.2, 0) is 6.54 Å². The first-order valence-corrected chi connectivity index (χ1v) is 10.2. The van der Waals surface area contributed by atoms with Crippen LogP contribution in [0.2, 0.25) is 0 Å².